The predicted octanol–water partition coefficient (Wildman–Crippen LogP) is 2.67. The minimum Gasteiger partial charge on any atom is -0.397 e. The highest BCUT2D eigenvalue weighted by molar-refractivity contribution is 7.07. The van der Waals surface area contributed by atoms with Crippen LogP contribution in [0, 0.1) is 6.92 Å². The molecule has 2 aromatic rings. The molecule has 0 aromatic carbocycles. The molecule has 0 unspecified atom stereocenters. The summed E-state index contributed by atoms with van der Waals surface area (Å²) < 4.78 is 0. The van der Waals surface area contributed by atoms with Crippen LogP contribution in [0.4, 0.5) is 11.5 Å². The molecule has 16 heavy (non-hydrogen) atoms. The van der Waals surface area contributed by atoms with Gasteiger partial charge < -0.3 is 10.6 Å². The van der Waals surface area contributed by atoms with E-state index in [9.17, 15) is 0 Å². The Balaban J connectivity index is 2.14. The lowest BCUT2D eigenvalue weighted by molar-refractivity contribution is 0.897. The van der Waals surface area contributed by atoms with Crippen molar-refractivity contribution in [3.8, 4) is 0 Å². The minimum atomic E-state index is 0.743. The number of rotatable bonds is 3. The Morgan fingerprint density at radius 1 is 1.38 bits per heavy atom. The van der Waals surface area contributed by atoms with Crippen LogP contribution in [0.15, 0.2) is 29.0 Å². The molecule has 0 amide bonds. The second-order valence-electron chi connectivity index (χ2n) is 3.83. The molecule has 0 atom stereocenters. The van der Waals surface area contributed by atoms with Crippen molar-refractivity contribution in [2.45, 2.75) is 13.5 Å². The van der Waals surface area contributed by atoms with E-state index in [0.717, 1.165) is 23.7 Å². The van der Waals surface area contributed by atoms with E-state index in [4.69, 9.17) is 5.73 Å². The molecule has 0 aliphatic rings. The van der Waals surface area contributed by atoms with E-state index in [1.165, 1.54) is 5.56 Å². The molecule has 0 aliphatic heterocycles. The number of nitrogens with zero attached hydrogens (tertiary/aromatic N) is 2. The van der Waals surface area contributed by atoms with Crippen LogP contribution in [0.5, 0.6) is 0 Å². The van der Waals surface area contributed by atoms with Gasteiger partial charge in [-0.15, -0.1) is 0 Å². The third kappa shape index (κ3) is 2.33. The van der Waals surface area contributed by atoms with Gasteiger partial charge in [0.1, 0.15) is 5.82 Å². The van der Waals surface area contributed by atoms with Crippen molar-refractivity contribution in [3.63, 3.8) is 0 Å². The van der Waals surface area contributed by atoms with Crippen molar-refractivity contribution in [1.82, 2.24) is 4.98 Å². The largest absolute Gasteiger partial charge is 0.397 e. The lowest BCUT2D eigenvalue weighted by Gasteiger charge is -2.18. The summed E-state index contributed by atoms with van der Waals surface area (Å²) in [6, 6.07) is 5.99. The molecule has 0 fully saturated rings. The highest BCUT2D eigenvalue weighted by atomic mass is 32.1. The Hall–Kier alpha value is -1.55. The Labute approximate surface area is 99.5 Å². The number of pyridine rings is 1. The van der Waals surface area contributed by atoms with Crippen LogP contribution in [0.1, 0.15) is 11.3 Å². The molecule has 2 aromatic heterocycles. The third-order valence-corrected chi connectivity index (χ3v) is 3.23. The van der Waals surface area contributed by atoms with Crippen LogP contribution < -0.4 is 10.6 Å². The Kier molecular flexibility index (Phi) is 3.10. The molecule has 0 saturated heterocycles. The van der Waals surface area contributed by atoms with Gasteiger partial charge in [0, 0.05) is 13.6 Å². The van der Waals surface area contributed by atoms with Crippen LogP contribution in [0.2, 0.25) is 0 Å². The van der Waals surface area contributed by atoms with Gasteiger partial charge in [-0.25, -0.2) is 4.98 Å². The Morgan fingerprint density at radius 2 is 2.19 bits per heavy atom. The van der Waals surface area contributed by atoms with Crippen molar-refractivity contribution < 1.29 is 0 Å². The molecule has 3 nitrogen and oxygen atoms in total. The van der Waals surface area contributed by atoms with Crippen molar-refractivity contribution in [1.29, 1.82) is 0 Å². The topological polar surface area (TPSA) is 42.2 Å². The van der Waals surface area contributed by atoms with Crippen LogP contribution in [0.25, 0.3) is 0 Å². The van der Waals surface area contributed by atoms with E-state index in [1.807, 2.05) is 26.1 Å². The van der Waals surface area contributed by atoms with E-state index >= 15 is 0 Å². The van der Waals surface area contributed by atoms with Crippen molar-refractivity contribution in [2.75, 3.05) is 17.7 Å². The molecule has 84 valence electrons. The van der Waals surface area contributed by atoms with Gasteiger partial charge in [0.25, 0.3) is 0 Å². The number of nitrogen functional groups attached to an aromatic ring is 1. The number of hydrogen-bond donors (Lipinski definition) is 1. The normalized spacial score (nSPS) is 10.4. The summed E-state index contributed by atoms with van der Waals surface area (Å²) in [6.45, 7) is 2.80. The number of nitrogens with two attached hydrogens (primary N) is 1. The SMILES string of the molecule is Cc1nc(N(C)Cc2ccsc2)ccc1N. The van der Waals surface area contributed by atoms with Gasteiger partial charge in [-0.3, -0.25) is 0 Å². The summed E-state index contributed by atoms with van der Waals surface area (Å²) in [7, 11) is 2.04. The Morgan fingerprint density at radius 3 is 2.81 bits per heavy atom. The van der Waals surface area contributed by atoms with Crippen LogP contribution >= 0.6 is 11.3 Å². The second kappa shape index (κ2) is 4.53. The van der Waals surface area contributed by atoms with Gasteiger partial charge in [0.15, 0.2) is 0 Å². The predicted molar refractivity (Wildman–Crippen MR) is 69.8 cm³/mol. The molecule has 0 spiro atoms. The van der Waals surface area contributed by atoms with Crippen LogP contribution in [-0.4, -0.2) is 12.0 Å². The number of thiophene rings is 1. The van der Waals surface area contributed by atoms with E-state index in [2.05, 4.69) is 26.7 Å². The maximum absolute atomic E-state index is 5.75. The maximum atomic E-state index is 5.75. The average molecular weight is 233 g/mol. The standard InChI is InChI=1S/C12H15N3S/c1-9-11(13)3-4-12(14-9)15(2)7-10-5-6-16-8-10/h3-6,8H,7,13H2,1-2H3. The first-order valence-electron chi connectivity index (χ1n) is 5.12. The zero-order chi connectivity index (χ0) is 11.5. The van der Waals surface area contributed by atoms with Crippen LogP contribution in [-0.2, 0) is 6.54 Å². The van der Waals surface area contributed by atoms with Gasteiger partial charge in [-0.1, -0.05) is 0 Å². The smallest absolute Gasteiger partial charge is 0.128 e. The molecular weight excluding hydrogens is 218 g/mol. The first-order valence-corrected chi connectivity index (χ1v) is 6.06. The molecule has 0 bridgehead atoms. The number of aromatic nitrogens is 1. The lowest BCUT2D eigenvalue weighted by atomic mass is 10.3. The highest BCUT2D eigenvalue weighted by Gasteiger charge is 2.05. The summed E-state index contributed by atoms with van der Waals surface area (Å²) in [6.07, 6.45) is 0. The summed E-state index contributed by atoms with van der Waals surface area (Å²) in [5, 5.41) is 4.24. The quantitative estimate of drug-likeness (QED) is 0.886. The summed E-state index contributed by atoms with van der Waals surface area (Å²) in [5.41, 5.74) is 8.68. The van der Waals surface area contributed by atoms with E-state index in [-0.39, 0.29) is 0 Å². The van der Waals surface area contributed by atoms with Crippen molar-refractivity contribution in [3.05, 3.63) is 40.2 Å². The zero-order valence-electron chi connectivity index (χ0n) is 9.47. The Bertz CT molecular complexity index is 465. The van der Waals surface area contributed by atoms with E-state index < -0.39 is 0 Å². The molecule has 4 heteroatoms. The fraction of sp³-hybridized carbons (Fsp3) is 0.250. The molecule has 2 heterocycles. The van der Waals surface area contributed by atoms with Gasteiger partial charge in [0.2, 0.25) is 0 Å². The number of aryl methyl sites for hydroxylation is 1. The highest BCUT2D eigenvalue weighted by Crippen LogP contribution is 2.17. The number of hydrogen-bond acceptors (Lipinski definition) is 4. The average Bonchev–Trinajstić information content (AvgIpc) is 2.74. The van der Waals surface area contributed by atoms with E-state index in [1.54, 1.807) is 11.3 Å². The molecule has 2 rings (SSSR count). The fourth-order valence-corrected chi connectivity index (χ4v) is 2.17. The molecule has 0 aliphatic carbocycles. The van der Waals surface area contributed by atoms with Gasteiger partial charge in [0.05, 0.1) is 11.4 Å². The first-order chi connectivity index (χ1) is 7.66. The monoisotopic (exact) mass is 233 g/mol. The lowest BCUT2D eigenvalue weighted by Crippen LogP contribution is -2.17. The van der Waals surface area contributed by atoms with Crippen molar-refractivity contribution >= 4 is 22.8 Å². The summed E-state index contributed by atoms with van der Waals surface area (Å²) in [5.74, 6) is 0.956. The second-order valence-corrected chi connectivity index (χ2v) is 4.61. The number of anilines is 2. The fourth-order valence-electron chi connectivity index (χ4n) is 1.51. The van der Waals surface area contributed by atoms with Crippen LogP contribution in [0.3, 0.4) is 0 Å². The molecular formula is C12H15N3S. The van der Waals surface area contributed by atoms with Gasteiger partial charge in [-0.2, -0.15) is 11.3 Å². The molecule has 0 radical (unpaired) electrons. The molecule has 0 saturated carbocycles. The van der Waals surface area contributed by atoms with Gasteiger partial charge >= 0.3 is 0 Å². The van der Waals surface area contributed by atoms with Crippen molar-refractivity contribution in [2.24, 2.45) is 0 Å². The minimum absolute atomic E-state index is 0.743. The maximum Gasteiger partial charge on any atom is 0.128 e. The molecule has 2 N–H and O–H groups in total. The van der Waals surface area contributed by atoms with E-state index in [0.29, 0.717) is 0 Å². The van der Waals surface area contributed by atoms with Gasteiger partial charge in [-0.05, 0) is 41.4 Å². The first kappa shape index (κ1) is 11.0. The summed E-state index contributed by atoms with van der Waals surface area (Å²) >= 11 is 1.72. The summed E-state index contributed by atoms with van der Waals surface area (Å²) in [4.78, 5) is 6.58. The zero-order valence-corrected chi connectivity index (χ0v) is 10.3. The third-order valence-electron chi connectivity index (χ3n) is 2.50.